The van der Waals surface area contributed by atoms with Crippen LogP contribution in [-0.4, -0.2) is 22.6 Å². The van der Waals surface area contributed by atoms with Crippen LogP contribution in [0.2, 0.25) is 5.02 Å². The summed E-state index contributed by atoms with van der Waals surface area (Å²) in [7, 11) is 0. The van der Waals surface area contributed by atoms with Gasteiger partial charge in [0, 0.05) is 18.2 Å². The number of carboxylic acids is 1. The minimum absolute atomic E-state index is 0.0327. The maximum absolute atomic E-state index is 10.5. The number of carboxylic acid groups (broad SMARTS) is 1. The monoisotopic (exact) mass is 257 g/mol. The Morgan fingerprint density at radius 2 is 2.29 bits per heavy atom. The Bertz CT molecular complexity index is 472. The highest BCUT2D eigenvalue weighted by Gasteiger charge is 2.12. The van der Waals surface area contributed by atoms with Crippen molar-refractivity contribution in [1.29, 1.82) is 0 Å². The van der Waals surface area contributed by atoms with Crippen molar-refractivity contribution >= 4 is 23.3 Å². The molecule has 0 aromatic heterocycles. The minimum Gasteiger partial charge on any atom is -0.489 e. The molecule has 1 aromatic carbocycles. The molecule has 1 N–H and O–H groups in total. The van der Waals surface area contributed by atoms with Crippen molar-refractivity contribution in [3.63, 3.8) is 0 Å². The van der Waals surface area contributed by atoms with Gasteiger partial charge in [-0.25, -0.2) is 4.79 Å². The number of nitro groups is 1. The summed E-state index contributed by atoms with van der Waals surface area (Å²) in [6.07, 6.45) is 2.24. The van der Waals surface area contributed by atoms with E-state index in [1.165, 1.54) is 24.3 Å². The highest BCUT2D eigenvalue weighted by molar-refractivity contribution is 6.32. The molecule has 0 aliphatic carbocycles. The number of aliphatic carboxylic acids is 1. The molecule has 1 rings (SSSR count). The van der Waals surface area contributed by atoms with Gasteiger partial charge in [-0.2, -0.15) is 0 Å². The van der Waals surface area contributed by atoms with Gasteiger partial charge in [-0.15, -0.1) is 0 Å². The number of hydrogen-bond acceptors (Lipinski definition) is 4. The summed E-state index contributed by atoms with van der Waals surface area (Å²) < 4.78 is 5.11. The number of ether oxygens (including phenoxy) is 1. The van der Waals surface area contributed by atoms with Gasteiger partial charge >= 0.3 is 5.97 Å². The summed E-state index contributed by atoms with van der Waals surface area (Å²) in [5.74, 6) is -0.744. The Morgan fingerprint density at radius 1 is 1.59 bits per heavy atom. The molecule has 0 radical (unpaired) electrons. The first-order chi connectivity index (χ1) is 8.00. The van der Waals surface area contributed by atoms with Crippen molar-refractivity contribution in [3.05, 3.63) is 45.5 Å². The summed E-state index contributed by atoms with van der Waals surface area (Å²) in [6, 6.07) is 3.91. The van der Waals surface area contributed by atoms with E-state index in [0.29, 0.717) is 5.75 Å². The number of benzene rings is 1. The Morgan fingerprint density at radius 3 is 2.82 bits per heavy atom. The minimum atomic E-state index is -1.07. The van der Waals surface area contributed by atoms with E-state index in [1.54, 1.807) is 0 Å². The molecule has 90 valence electrons. The number of rotatable bonds is 5. The van der Waals surface area contributed by atoms with Gasteiger partial charge in [0.2, 0.25) is 0 Å². The summed E-state index contributed by atoms with van der Waals surface area (Å²) in [5.41, 5.74) is -0.208. The molecule has 0 fully saturated rings. The maximum atomic E-state index is 10.5. The summed E-state index contributed by atoms with van der Waals surface area (Å²) in [4.78, 5) is 20.0. The molecule has 0 saturated carbocycles. The Labute approximate surface area is 101 Å². The molecule has 0 aliphatic rings. The molecule has 0 saturated heterocycles. The number of nitro benzene ring substituents is 1. The zero-order valence-corrected chi connectivity index (χ0v) is 9.26. The first-order valence-electron chi connectivity index (χ1n) is 4.47. The van der Waals surface area contributed by atoms with Crippen LogP contribution >= 0.6 is 11.6 Å². The van der Waals surface area contributed by atoms with Crippen LogP contribution in [0, 0.1) is 10.1 Å². The van der Waals surface area contributed by atoms with Crippen LogP contribution in [0.3, 0.4) is 0 Å². The van der Waals surface area contributed by atoms with Crippen LogP contribution in [-0.2, 0) is 4.79 Å². The fourth-order valence-corrected chi connectivity index (χ4v) is 1.26. The lowest BCUT2D eigenvalue weighted by atomic mass is 10.3. The second kappa shape index (κ2) is 5.86. The van der Waals surface area contributed by atoms with Crippen LogP contribution in [0.15, 0.2) is 30.4 Å². The van der Waals surface area contributed by atoms with Gasteiger partial charge in [0.05, 0.1) is 4.92 Å². The molecule has 0 atom stereocenters. The zero-order valence-electron chi connectivity index (χ0n) is 8.50. The highest BCUT2D eigenvalue weighted by atomic mass is 35.5. The van der Waals surface area contributed by atoms with Crippen LogP contribution < -0.4 is 4.74 Å². The average Bonchev–Trinajstić information content (AvgIpc) is 2.23. The molecule has 0 amide bonds. The summed E-state index contributed by atoms with van der Waals surface area (Å²) in [5, 5.41) is 18.8. The topological polar surface area (TPSA) is 89.7 Å². The molecule has 0 aliphatic heterocycles. The van der Waals surface area contributed by atoms with Gasteiger partial charge in [0.1, 0.15) is 17.4 Å². The number of hydrogen-bond donors (Lipinski definition) is 1. The van der Waals surface area contributed by atoms with Gasteiger partial charge in [0.15, 0.2) is 0 Å². The van der Waals surface area contributed by atoms with Crippen molar-refractivity contribution in [3.8, 4) is 5.75 Å². The third-order valence-corrected chi connectivity index (χ3v) is 2.03. The zero-order chi connectivity index (χ0) is 12.8. The molecule has 6 nitrogen and oxygen atoms in total. The van der Waals surface area contributed by atoms with Crippen LogP contribution in [0.4, 0.5) is 5.69 Å². The van der Waals surface area contributed by atoms with Gasteiger partial charge in [-0.3, -0.25) is 10.1 Å². The number of halogens is 1. The Hall–Kier alpha value is -2.08. The van der Waals surface area contributed by atoms with E-state index in [2.05, 4.69) is 0 Å². The number of carbonyl (C=O) groups is 1. The first-order valence-corrected chi connectivity index (χ1v) is 4.84. The Balaban J connectivity index is 2.65. The first kappa shape index (κ1) is 13.0. The van der Waals surface area contributed by atoms with Crippen LogP contribution in [0.1, 0.15) is 0 Å². The molecule has 0 heterocycles. The van der Waals surface area contributed by atoms with Gasteiger partial charge < -0.3 is 9.84 Å². The fraction of sp³-hybridized carbons (Fsp3) is 0.100. The van der Waals surface area contributed by atoms with Crippen LogP contribution in [0.5, 0.6) is 5.75 Å². The molecule has 17 heavy (non-hydrogen) atoms. The molecule has 7 heteroatoms. The van der Waals surface area contributed by atoms with Crippen molar-refractivity contribution < 1.29 is 19.6 Å². The third-order valence-electron chi connectivity index (χ3n) is 1.72. The average molecular weight is 258 g/mol. The molecular weight excluding hydrogens is 250 g/mol. The van der Waals surface area contributed by atoms with Crippen molar-refractivity contribution in [2.45, 2.75) is 0 Å². The molecular formula is C10H8ClNO5. The molecule has 0 bridgehead atoms. The maximum Gasteiger partial charge on any atom is 0.328 e. The largest absolute Gasteiger partial charge is 0.489 e. The smallest absolute Gasteiger partial charge is 0.328 e. The SMILES string of the molecule is O=C(O)C=CCOc1ccc([N+](=O)[O-])c(Cl)c1. The highest BCUT2D eigenvalue weighted by Crippen LogP contribution is 2.28. The lowest BCUT2D eigenvalue weighted by Crippen LogP contribution is -1.96. The normalized spacial score (nSPS) is 10.4. The van der Waals surface area contributed by atoms with Gasteiger partial charge in [-0.1, -0.05) is 11.6 Å². The predicted molar refractivity (Wildman–Crippen MR) is 60.4 cm³/mol. The fourth-order valence-electron chi connectivity index (χ4n) is 1.02. The van der Waals surface area contributed by atoms with E-state index in [4.69, 9.17) is 21.4 Å². The Kier molecular flexibility index (Phi) is 4.47. The van der Waals surface area contributed by atoms with Crippen molar-refractivity contribution in [2.24, 2.45) is 0 Å². The van der Waals surface area contributed by atoms with Gasteiger partial charge in [0.25, 0.3) is 5.69 Å². The predicted octanol–water partition coefficient (Wildman–Crippen LogP) is 2.27. The number of nitrogens with zero attached hydrogens (tertiary/aromatic N) is 1. The van der Waals surface area contributed by atoms with E-state index >= 15 is 0 Å². The quantitative estimate of drug-likeness (QED) is 0.496. The van der Waals surface area contributed by atoms with Crippen molar-refractivity contribution in [2.75, 3.05) is 6.61 Å². The van der Waals surface area contributed by atoms with E-state index in [9.17, 15) is 14.9 Å². The second-order valence-corrected chi connectivity index (χ2v) is 3.33. The van der Waals surface area contributed by atoms with Crippen molar-refractivity contribution in [1.82, 2.24) is 0 Å². The van der Waals surface area contributed by atoms with E-state index < -0.39 is 10.9 Å². The van der Waals surface area contributed by atoms with Crippen LogP contribution in [0.25, 0.3) is 0 Å². The molecule has 0 unspecified atom stereocenters. The van der Waals surface area contributed by atoms with Gasteiger partial charge in [-0.05, 0) is 12.1 Å². The summed E-state index contributed by atoms with van der Waals surface area (Å²) >= 11 is 5.65. The molecule has 1 aromatic rings. The summed E-state index contributed by atoms with van der Waals surface area (Å²) in [6.45, 7) is 0.0421. The third kappa shape index (κ3) is 4.12. The van der Waals surface area contributed by atoms with E-state index in [-0.39, 0.29) is 17.3 Å². The molecule has 0 spiro atoms. The van der Waals surface area contributed by atoms with E-state index in [1.807, 2.05) is 0 Å². The van der Waals surface area contributed by atoms with E-state index in [0.717, 1.165) is 6.08 Å². The standard InChI is InChI=1S/C10H8ClNO5/c11-8-6-7(3-4-9(8)12(15)16)17-5-1-2-10(13)14/h1-4,6H,5H2,(H,13,14). The lowest BCUT2D eigenvalue weighted by molar-refractivity contribution is -0.384. The lowest BCUT2D eigenvalue weighted by Gasteiger charge is -2.03. The second-order valence-electron chi connectivity index (χ2n) is 2.92.